The molecule has 0 saturated carbocycles. The second-order valence-electron chi connectivity index (χ2n) is 4.73. The molecule has 2 aliphatic heterocycles. The Hall–Kier alpha value is -1.37. The first-order valence-corrected chi connectivity index (χ1v) is 6.42. The number of aliphatic carboxylic acids is 1. The lowest BCUT2D eigenvalue weighted by Crippen LogP contribution is -2.42. The quantitative estimate of drug-likeness (QED) is 0.660. The molecule has 2 N–H and O–H groups in total. The Morgan fingerprint density at radius 3 is 2.78 bits per heavy atom. The van der Waals surface area contributed by atoms with Gasteiger partial charge in [-0.05, 0) is 18.6 Å². The van der Waals surface area contributed by atoms with Crippen LogP contribution in [0.1, 0.15) is 12.8 Å². The van der Waals surface area contributed by atoms with Crippen LogP contribution in [0.25, 0.3) is 0 Å². The highest BCUT2D eigenvalue weighted by Gasteiger charge is 2.40. The van der Waals surface area contributed by atoms with Gasteiger partial charge in [0.2, 0.25) is 5.91 Å². The average molecular weight is 271 g/mol. The molecular weight excluding hydrogens is 254 g/mol. The zero-order valence-corrected chi connectivity index (χ0v) is 11.1. The Bertz CT molecular complexity index is 388. The number of carbonyl (C=O) groups is 2. The van der Waals surface area contributed by atoms with Gasteiger partial charge in [0.25, 0.3) is 0 Å². The van der Waals surface area contributed by atoms with Crippen molar-refractivity contribution in [2.24, 2.45) is 5.92 Å². The number of carbonyl (C=O) groups excluding carboxylic acids is 1. The van der Waals surface area contributed by atoms with Crippen LogP contribution in [0.15, 0.2) is 0 Å². The van der Waals surface area contributed by atoms with Crippen LogP contribution in [-0.2, 0) is 9.59 Å². The van der Waals surface area contributed by atoms with Crippen molar-refractivity contribution in [1.29, 1.82) is 0 Å². The minimum absolute atomic E-state index is 0.0513. The lowest BCUT2D eigenvalue weighted by molar-refractivity contribution is -0.141. The summed E-state index contributed by atoms with van der Waals surface area (Å²) in [6.45, 7) is 1.84. The molecule has 2 aliphatic rings. The maximum absolute atomic E-state index is 11.8. The van der Waals surface area contributed by atoms with Crippen LogP contribution in [0, 0.1) is 5.92 Å². The van der Waals surface area contributed by atoms with Crippen molar-refractivity contribution >= 4 is 29.2 Å². The number of carboxylic acids is 1. The number of likely N-dealkylation sites (tertiary alicyclic amines) is 2. The molecule has 0 aromatic carbocycles. The van der Waals surface area contributed by atoms with E-state index in [9.17, 15) is 9.59 Å². The molecule has 1 amide bonds. The number of hydrogen-bond acceptors (Lipinski definition) is 3. The van der Waals surface area contributed by atoms with Gasteiger partial charge in [0.1, 0.15) is 0 Å². The van der Waals surface area contributed by atoms with Crippen molar-refractivity contribution in [3.63, 3.8) is 0 Å². The van der Waals surface area contributed by atoms with E-state index in [0.717, 1.165) is 13.0 Å². The van der Waals surface area contributed by atoms with Crippen molar-refractivity contribution in [3.8, 4) is 0 Å². The molecule has 0 aromatic heterocycles. The van der Waals surface area contributed by atoms with Gasteiger partial charge in [-0.25, -0.2) is 0 Å². The number of amides is 1. The van der Waals surface area contributed by atoms with E-state index in [4.69, 9.17) is 17.3 Å². The Morgan fingerprint density at radius 2 is 2.22 bits per heavy atom. The molecular formula is C11H17N3O3S. The summed E-state index contributed by atoms with van der Waals surface area (Å²) in [5.74, 6) is -1.49. The fraction of sp³-hybridized carbons (Fsp3) is 0.727. The number of nitrogens with zero attached hydrogens (tertiary/aromatic N) is 2. The molecule has 6 nitrogen and oxygen atoms in total. The monoisotopic (exact) mass is 271 g/mol. The predicted octanol–water partition coefficient (Wildman–Crippen LogP) is -0.502. The Balaban J connectivity index is 1.96. The van der Waals surface area contributed by atoms with Gasteiger partial charge in [-0.3, -0.25) is 9.59 Å². The number of rotatable bonds is 2. The summed E-state index contributed by atoms with van der Waals surface area (Å²) in [5, 5.41) is 12.5. The molecule has 2 fully saturated rings. The van der Waals surface area contributed by atoms with E-state index in [-0.39, 0.29) is 18.4 Å². The van der Waals surface area contributed by atoms with Gasteiger partial charge in [-0.2, -0.15) is 0 Å². The molecule has 7 heteroatoms. The van der Waals surface area contributed by atoms with E-state index in [2.05, 4.69) is 5.32 Å². The van der Waals surface area contributed by atoms with Crippen molar-refractivity contribution in [2.75, 3.05) is 26.7 Å². The van der Waals surface area contributed by atoms with Gasteiger partial charge in [0.15, 0.2) is 5.11 Å². The van der Waals surface area contributed by atoms with Gasteiger partial charge in [-0.15, -0.1) is 0 Å². The maximum atomic E-state index is 11.8. The first-order chi connectivity index (χ1) is 8.52. The zero-order valence-electron chi connectivity index (χ0n) is 10.3. The molecule has 2 atom stereocenters. The van der Waals surface area contributed by atoms with Crippen molar-refractivity contribution in [3.05, 3.63) is 0 Å². The molecule has 0 radical (unpaired) electrons. The minimum atomic E-state index is -0.883. The average Bonchev–Trinajstić information content (AvgIpc) is 2.94. The summed E-state index contributed by atoms with van der Waals surface area (Å²) in [6.07, 6.45) is 0.974. The summed E-state index contributed by atoms with van der Waals surface area (Å²) >= 11 is 5.15. The largest absolute Gasteiger partial charge is 0.481 e. The third kappa shape index (κ3) is 2.40. The molecule has 0 spiro atoms. The van der Waals surface area contributed by atoms with Crippen molar-refractivity contribution < 1.29 is 14.7 Å². The highest BCUT2D eigenvalue weighted by Crippen LogP contribution is 2.25. The topological polar surface area (TPSA) is 72.9 Å². The maximum Gasteiger partial charge on any atom is 0.308 e. The smallest absolute Gasteiger partial charge is 0.308 e. The van der Waals surface area contributed by atoms with Gasteiger partial charge in [0.05, 0.1) is 12.0 Å². The summed E-state index contributed by atoms with van der Waals surface area (Å²) in [5.41, 5.74) is 0. The Kier molecular flexibility index (Phi) is 3.70. The molecule has 0 aliphatic carbocycles. The zero-order chi connectivity index (χ0) is 13.3. The number of thiocarbonyl (C=S) groups is 1. The summed E-state index contributed by atoms with van der Waals surface area (Å²) in [4.78, 5) is 26.4. The molecule has 0 bridgehead atoms. The summed E-state index contributed by atoms with van der Waals surface area (Å²) in [6, 6.07) is 0.0909. The third-order valence-corrected chi connectivity index (χ3v) is 4.08. The van der Waals surface area contributed by atoms with Gasteiger partial charge in [0, 0.05) is 33.1 Å². The van der Waals surface area contributed by atoms with Crippen molar-refractivity contribution in [1.82, 2.24) is 15.1 Å². The van der Waals surface area contributed by atoms with E-state index in [1.54, 1.807) is 11.9 Å². The molecule has 2 unspecified atom stereocenters. The van der Waals surface area contributed by atoms with Crippen LogP contribution in [0.4, 0.5) is 0 Å². The van der Waals surface area contributed by atoms with Crippen LogP contribution in [0.5, 0.6) is 0 Å². The summed E-state index contributed by atoms with van der Waals surface area (Å²) < 4.78 is 0. The highest BCUT2D eigenvalue weighted by atomic mass is 32.1. The molecule has 100 valence electrons. The lowest BCUT2D eigenvalue weighted by Gasteiger charge is -2.25. The highest BCUT2D eigenvalue weighted by molar-refractivity contribution is 7.80. The Morgan fingerprint density at radius 1 is 1.50 bits per heavy atom. The molecule has 18 heavy (non-hydrogen) atoms. The van der Waals surface area contributed by atoms with E-state index < -0.39 is 11.9 Å². The third-order valence-electron chi connectivity index (χ3n) is 3.61. The second kappa shape index (κ2) is 5.09. The second-order valence-corrected chi connectivity index (χ2v) is 5.12. The first-order valence-electron chi connectivity index (χ1n) is 6.02. The molecule has 2 heterocycles. The first kappa shape index (κ1) is 13.1. The normalized spacial score (nSPS) is 27.7. The van der Waals surface area contributed by atoms with Crippen LogP contribution in [-0.4, -0.2) is 64.6 Å². The van der Waals surface area contributed by atoms with Crippen LogP contribution in [0.2, 0.25) is 0 Å². The predicted molar refractivity (Wildman–Crippen MR) is 69.1 cm³/mol. The number of nitrogens with one attached hydrogen (secondary N) is 1. The summed E-state index contributed by atoms with van der Waals surface area (Å²) in [7, 11) is 1.77. The minimum Gasteiger partial charge on any atom is -0.481 e. The van der Waals surface area contributed by atoms with E-state index in [0.29, 0.717) is 18.2 Å². The van der Waals surface area contributed by atoms with E-state index in [1.807, 2.05) is 4.90 Å². The van der Waals surface area contributed by atoms with E-state index >= 15 is 0 Å². The van der Waals surface area contributed by atoms with Crippen LogP contribution in [0.3, 0.4) is 0 Å². The lowest BCUT2D eigenvalue weighted by atomic mass is 10.1. The van der Waals surface area contributed by atoms with Crippen LogP contribution >= 0.6 is 12.2 Å². The number of hydrogen-bond donors (Lipinski definition) is 2. The van der Waals surface area contributed by atoms with Gasteiger partial charge < -0.3 is 20.2 Å². The standard InChI is InChI=1S/C11H17N3O3S/c1-12-11(18)13-3-2-8(6-13)14-5-7(10(16)17)4-9(14)15/h7-8H,2-6H2,1H3,(H,12,18)(H,16,17). The SMILES string of the molecule is CNC(=S)N1CCC(N2CC(C(=O)O)CC2=O)C1. The van der Waals surface area contributed by atoms with Crippen LogP contribution < -0.4 is 5.32 Å². The van der Waals surface area contributed by atoms with Gasteiger partial charge >= 0.3 is 5.97 Å². The molecule has 2 saturated heterocycles. The number of carboxylic acid groups (broad SMARTS) is 1. The fourth-order valence-electron chi connectivity index (χ4n) is 2.59. The fourth-order valence-corrected chi connectivity index (χ4v) is 2.75. The molecule has 2 rings (SSSR count). The van der Waals surface area contributed by atoms with Crippen molar-refractivity contribution in [2.45, 2.75) is 18.9 Å². The van der Waals surface area contributed by atoms with E-state index in [1.165, 1.54) is 0 Å². The molecule has 0 aromatic rings. The Labute approximate surface area is 111 Å². The van der Waals surface area contributed by atoms with Gasteiger partial charge in [-0.1, -0.05) is 0 Å².